The Labute approximate surface area is 259 Å². The average Bonchev–Trinajstić information content (AvgIpc) is 2.39. The van der Waals surface area contributed by atoms with E-state index in [-0.39, 0.29) is 0 Å². The molecule has 0 aliphatic heterocycles. The fraction of sp³-hybridized carbons (Fsp3) is 1.00. The maximum absolute atomic E-state index is 6.72. The van der Waals surface area contributed by atoms with Crippen molar-refractivity contribution in [2.75, 3.05) is 0 Å². The van der Waals surface area contributed by atoms with E-state index in [2.05, 4.69) is 137 Å². The zero-order chi connectivity index (χ0) is 32.4. The van der Waals surface area contributed by atoms with Gasteiger partial charge in [0.1, 0.15) is 0 Å². The van der Waals surface area contributed by atoms with Crippen LogP contribution in [0.1, 0.15) is 0 Å². The zero-order valence-electron chi connectivity index (χ0n) is 29.7. The topological polar surface area (TPSA) is 83.1 Å². The molecule has 0 aromatic carbocycles. The first-order valence-electron chi connectivity index (χ1n) is 14.2. The molecule has 40 heavy (non-hydrogen) atoms. The van der Waals surface area contributed by atoms with E-state index >= 15 is 0 Å². The lowest BCUT2D eigenvalue weighted by Crippen LogP contribution is -2.62. The standard InChI is InChI=1S/C21H63O9Si10/c1-31(2)22-33(6,7)24-35(10,11)26-37(14,15)28-39(18,19)30-40(20,21)29-38(16,17)27-36(12,13)25-34(8,9)23-32(3,4)5/h1-21H3. The van der Waals surface area contributed by atoms with Crippen LogP contribution in [0.2, 0.25) is 137 Å². The van der Waals surface area contributed by atoms with Crippen LogP contribution in [0.3, 0.4) is 0 Å². The number of hydrogen-bond acceptors (Lipinski definition) is 9. The summed E-state index contributed by atoms with van der Waals surface area (Å²) in [5.74, 6) is 0. The minimum atomic E-state index is -2.62. The van der Waals surface area contributed by atoms with Gasteiger partial charge in [-0.25, -0.2) is 0 Å². The Morgan fingerprint density at radius 2 is 0.450 bits per heavy atom. The van der Waals surface area contributed by atoms with Gasteiger partial charge in [-0.05, 0) is 137 Å². The van der Waals surface area contributed by atoms with Gasteiger partial charge in [0.05, 0.1) is 0 Å². The zero-order valence-corrected chi connectivity index (χ0v) is 39.7. The van der Waals surface area contributed by atoms with Gasteiger partial charge in [-0.15, -0.1) is 0 Å². The van der Waals surface area contributed by atoms with Crippen LogP contribution in [0.25, 0.3) is 0 Å². The largest absolute Gasteiger partial charge is 0.437 e. The van der Waals surface area contributed by atoms with E-state index in [1.165, 1.54) is 0 Å². The third-order valence-electron chi connectivity index (χ3n) is 4.44. The Hall–Kier alpha value is 1.81. The van der Waals surface area contributed by atoms with Gasteiger partial charge in [-0.1, -0.05) is 0 Å². The van der Waals surface area contributed by atoms with Gasteiger partial charge in [0, 0.05) is 0 Å². The first-order chi connectivity index (χ1) is 17.1. The molecule has 0 unspecified atom stereocenters. The summed E-state index contributed by atoms with van der Waals surface area (Å²) < 4.78 is 59.1. The van der Waals surface area contributed by atoms with E-state index in [1.807, 2.05) is 0 Å². The normalized spacial score (nSPS) is 15.8. The highest BCUT2D eigenvalue weighted by atomic mass is 28.5. The monoisotopic (exact) mass is 739 g/mol. The van der Waals surface area contributed by atoms with E-state index in [9.17, 15) is 0 Å². The molecule has 19 heteroatoms. The second-order valence-corrected chi connectivity index (χ2v) is 50.9. The molecule has 241 valence electrons. The molecule has 0 aromatic rings. The van der Waals surface area contributed by atoms with Crippen LogP contribution in [0.15, 0.2) is 0 Å². The van der Waals surface area contributed by atoms with Gasteiger partial charge in [0.2, 0.25) is 0 Å². The lowest BCUT2D eigenvalue weighted by Gasteiger charge is -2.44. The molecule has 0 aliphatic rings. The quantitative estimate of drug-likeness (QED) is 0.131. The smallest absolute Gasteiger partial charge is 0.314 e. The third kappa shape index (κ3) is 20.0. The summed E-state index contributed by atoms with van der Waals surface area (Å²) in [6, 6.07) is 0. The average molecular weight is 741 g/mol. The van der Waals surface area contributed by atoms with Crippen molar-refractivity contribution in [1.29, 1.82) is 0 Å². The van der Waals surface area contributed by atoms with Crippen LogP contribution in [0, 0.1) is 0 Å². The third-order valence-corrected chi connectivity index (χ3v) is 40.0. The molecule has 0 bridgehead atoms. The Bertz CT molecular complexity index is 813. The highest BCUT2D eigenvalue weighted by Crippen LogP contribution is 2.30. The van der Waals surface area contributed by atoms with Crippen molar-refractivity contribution in [1.82, 2.24) is 0 Å². The van der Waals surface area contributed by atoms with E-state index in [0.717, 1.165) is 0 Å². The molecule has 0 spiro atoms. The predicted octanol–water partition coefficient (Wildman–Crippen LogP) is 7.84. The lowest BCUT2D eigenvalue weighted by molar-refractivity contribution is 0.257. The van der Waals surface area contributed by atoms with Gasteiger partial charge >= 0.3 is 68.5 Å². The fourth-order valence-corrected chi connectivity index (χ4v) is 52.9. The second kappa shape index (κ2) is 14.1. The van der Waals surface area contributed by atoms with Crippen molar-refractivity contribution in [3.63, 3.8) is 0 Å². The van der Waals surface area contributed by atoms with Gasteiger partial charge in [-0.3, -0.25) is 0 Å². The molecule has 0 saturated heterocycles. The van der Waals surface area contributed by atoms with Crippen LogP contribution in [-0.2, 0) is 37.0 Å². The molecule has 0 heterocycles. The predicted molar refractivity (Wildman–Crippen MR) is 190 cm³/mol. The van der Waals surface area contributed by atoms with Crippen LogP contribution in [-0.4, -0.2) is 85.8 Å². The maximum Gasteiger partial charge on any atom is 0.314 e. The molecule has 0 aliphatic carbocycles. The highest BCUT2D eigenvalue weighted by molar-refractivity contribution is 6.92. The maximum atomic E-state index is 6.72. The van der Waals surface area contributed by atoms with Crippen molar-refractivity contribution < 1.29 is 37.0 Å². The fourth-order valence-electron chi connectivity index (χ4n) is 5.54. The first-order valence-corrected chi connectivity index (χ1v) is 42.5. The van der Waals surface area contributed by atoms with Gasteiger partial charge in [0.25, 0.3) is 0 Å². The first kappa shape index (κ1) is 41.8. The molecule has 0 saturated carbocycles. The highest BCUT2D eigenvalue weighted by Gasteiger charge is 2.50. The van der Waals surface area contributed by atoms with E-state index in [1.54, 1.807) is 0 Å². The van der Waals surface area contributed by atoms with Gasteiger partial charge in [-0.2, -0.15) is 0 Å². The molecule has 0 aromatic heterocycles. The van der Waals surface area contributed by atoms with Gasteiger partial charge in [0.15, 0.2) is 17.4 Å². The molecular formula is C21H63O9Si10. The molecule has 9 nitrogen and oxygen atoms in total. The Morgan fingerprint density at radius 3 is 0.625 bits per heavy atom. The van der Waals surface area contributed by atoms with Crippen LogP contribution in [0.5, 0.6) is 0 Å². The molecule has 0 fully saturated rings. The second-order valence-electron chi connectivity index (χ2n) is 15.1. The minimum Gasteiger partial charge on any atom is -0.437 e. The van der Waals surface area contributed by atoms with Crippen LogP contribution < -0.4 is 0 Å². The summed E-state index contributed by atoms with van der Waals surface area (Å²) in [6.45, 7) is 44.2. The summed E-state index contributed by atoms with van der Waals surface area (Å²) in [6.07, 6.45) is 0. The summed E-state index contributed by atoms with van der Waals surface area (Å²) in [7, 11) is -22.6. The lowest BCUT2D eigenvalue weighted by atomic mass is 11.8. The molecule has 1 radical (unpaired) electrons. The van der Waals surface area contributed by atoms with Crippen molar-refractivity contribution in [3.05, 3.63) is 0 Å². The minimum absolute atomic E-state index is 0.852. The van der Waals surface area contributed by atoms with Crippen molar-refractivity contribution in [2.45, 2.75) is 137 Å². The van der Waals surface area contributed by atoms with E-state index in [4.69, 9.17) is 37.0 Å². The Balaban J connectivity index is 5.40. The van der Waals surface area contributed by atoms with Crippen LogP contribution in [0.4, 0.5) is 0 Å². The van der Waals surface area contributed by atoms with Crippen molar-refractivity contribution in [2.24, 2.45) is 0 Å². The molecule has 0 N–H and O–H groups in total. The SMILES string of the molecule is C[Si](C)O[Si](C)(C)O[Si](C)(C)O[Si](C)(C)O[Si](C)(C)O[Si](C)(C)O[Si](C)(C)O[Si](C)(C)O[Si](C)(C)O[Si](C)(C)C. The molecule has 0 amide bonds. The Kier molecular flexibility index (Phi) is 14.7. The van der Waals surface area contributed by atoms with Crippen molar-refractivity contribution >= 4 is 85.8 Å². The molecule has 0 rings (SSSR count). The van der Waals surface area contributed by atoms with Gasteiger partial charge < -0.3 is 37.0 Å². The van der Waals surface area contributed by atoms with E-state index in [0.29, 0.717) is 0 Å². The van der Waals surface area contributed by atoms with Crippen LogP contribution >= 0.6 is 0 Å². The summed E-state index contributed by atoms with van der Waals surface area (Å²) in [5.41, 5.74) is 0. The number of rotatable bonds is 18. The molecule has 0 atom stereocenters. The number of hydrogen-bond donors (Lipinski definition) is 0. The van der Waals surface area contributed by atoms with Crippen molar-refractivity contribution in [3.8, 4) is 0 Å². The molecular weight excluding hydrogens is 677 g/mol. The summed E-state index contributed by atoms with van der Waals surface area (Å²) in [4.78, 5) is 0. The van der Waals surface area contributed by atoms with E-state index < -0.39 is 85.8 Å². The summed E-state index contributed by atoms with van der Waals surface area (Å²) >= 11 is 0. The summed E-state index contributed by atoms with van der Waals surface area (Å²) in [5, 5.41) is 0. The Morgan fingerprint density at radius 1 is 0.275 bits per heavy atom.